The van der Waals surface area contributed by atoms with Gasteiger partial charge in [-0.3, -0.25) is 10.2 Å². The standard InChI is InChI=1S/C9H12N2O.C9H12N2.C2H4O2/c1-2-7-3-5-8(6-4-7)9(10)11-12;1-2-7-3-5-8(6-4-7)9(10)11;1-2(3)4/h3-6,12H,2H2,1H3,(H2,10,11);3-6H,2H2,1H3,(H3,10,11);1H3,(H,3,4). The summed E-state index contributed by atoms with van der Waals surface area (Å²) in [6.07, 6.45) is 2.02. The molecule has 0 aliphatic heterocycles. The molecule has 146 valence electrons. The Bertz CT molecular complexity index is 735. The van der Waals surface area contributed by atoms with Crippen molar-refractivity contribution in [2.24, 2.45) is 16.6 Å². The first-order valence-electron chi connectivity index (χ1n) is 8.44. The Kier molecular flexibility index (Phi) is 11.3. The van der Waals surface area contributed by atoms with E-state index in [2.05, 4.69) is 19.0 Å². The second-order valence-corrected chi connectivity index (χ2v) is 5.52. The Balaban J connectivity index is 0.000000421. The molecule has 2 aromatic carbocycles. The molecule has 0 fully saturated rings. The molecule has 0 aromatic heterocycles. The van der Waals surface area contributed by atoms with Crippen molar-refractivity contribution in [1.29, 1.82) is 5.41 Å². The number of carboxylic acid groups (broad SMARTS) is 1. The summed E-state index contributed by atoms with van der Waals surface area (Å²) in [7, 11) is 0. The Hall–Kier alpha value is -3.35. The van der Waals surface area contributed by atoms with Gasteiger partial charge in [-0.05, 0) is 24.0 Å². The maximum absolute atomic E-state index is 9.00. The van der Waals surface area contributed by atoms with Crippen LogP contribution in [0.3, 0.4) is 0 Å². The smallest absolute Gasteiger partial charge is 0.300 e. The highest BCUT2D eigenvalue weighted by molar-refractivity contribution is 5.97. The lowest BCUT2D eigenvalue weighted by molar-refractivity contribution is -0.134. The van der Waals surface area contributed by atoms with Crippen LogP contribution in [0.5, 0.6) is 0 Å². The van der Waals surface area contributed by atoms with Gasteiger partial charge in [-0.1, -0.05) is 67.5 Å². The van der Waals surface area contributed by atoms with E-state index in [0.29, 0.717) is 0 Å². The van der Waals surface area contributed by atoms with Gasteiger partial charge in [0.25, 0.3) is 5.97 Å². The molecule has 0 heterocycles. The topological polar surface area (TPSA) is 146 Å². The molecule has 0 saturated carbocycles. The van der Waals surface area contributed by atoms with Crippen LogP contribution in [0.15, 0.2) is 53.7 Å². The number of carboxylic acids is 1. The lowest BCUT2D eigenvalue weighted by atomic mass is 10.1. The number of hydrogen-bond acceptors (Lipinski definition) is 4. The highest BCUT2D eigenvalue weighted by Crippen LogP contribution is 2.04. The third kappa shape index (κ3) is 10.3. The molecule has 7 N–H and O–H groups in total. The zero-order chi connectivity index (χ0) is 20.8. The van der Waals surface area contributed by atoms with Crippen LogP contribution in [0.1, 0.15) is 43.0 Å². The molecule has 0 spiro atoms. The molecule has 2 aromatic rings. The largest absolute Gasteiger partial charge is 0.481 e. The molecular weight excluding hydrogens is 344 g/mol. The van der Waals surface area contributed by atoms with Crippen LogP contribution in [0, 0.1) is 5.41 Å². The number of amidine groups is 2. The number of rotatable bonds is 4. The Labute approximate surface area is 159 Å². The number of nitrogens with one attached hydrogen (secondary N) is 1. The van der Waals surface area contributed by atoms with Crippen LogP contribution in [0.4, 0.5) is 0 Å². The monoisotopic (exact) mass is 372 g/mol. The summed E-state index contributed by atoms with van der Waals surface area (Å²) < 4.78 is 0. The Morgan fingerprint density at radius 1 is 0.926 bits per heavy atom. The molecular formula is C20H28N4O3. The zero-order valence-corrected chi connectivity index (χ0v) is 15.9. The summed E-state index contributed by atoms with van der Waals surface area (Å²) in [4.78, 5) is 9.00. The van der Waals surface area contributed by atoms with Crippen LogP contribution in [-0.4, -0.2) is 28.0 Å². The Morgan fingerprint density at radius 2 is 1.26 bits per heavy atom. The Morgan fingerprint density at radius 3 is 1.52 bits per heavy atom. The van der Waals surface area contributed by atoms with Crippen LogP contribution in [0.25, 0.3) is 0 Å². The molecule has 0 atom stereocenters. The third-order valence-corrected chi connectivity index (χ3v) is 3.44. The third-order valence-electron chi connectivity index (χ3n) is 3.44. The number of benzene rings is 2. The van der Waals surface area contributed by atoms with E-state index in [1.807, 2.05) is 48.5 Å². The van der Waals surface area contributed by atoms with E-state index in [1.165, 1.54) is 11.1 Å². The molecule has 7 heteroatoms. The number of oxime groups is 1. The van der Waals surface area contributed by atoms with Crippen LogP contribution < -0.4 is 11.5 Å². The van der Waals surface area contributed by atoms with E-state index in [-0.39, 0.29) is 11.7 Å². The zero-order valence-electron chi connectivity index (χ0n) is 15.9. The van der Waals surface area contributed by atoms with Gasteiger partial charge in [-0.15, -0.1) is 0 Å². The van der Waals surface area contributed by atoms with Gasteiger partial charge in [0.1, 0.15) is 5.84 Å². The minimum Gasteiger partial charge on any atom is -0.481 e. The first kappa shape index (κ1) is 23.6. The number of nitrogens with two attached hydrogens (primary N) is 2. The fourth-order valence-electron chi connectivity index (χ4n) is 1.89. The van der Waals surface area contributed by atoms with Crippen LogP contribution >= 0.6 is 0 Å². The number of nitrogen functional groups attached to an aromatic ring is 1. The van der Waals surface area contributed by atoms with E-state index in [9.17, 15) is 0 Å². The lowest BCUT2D eigenvalue weighted by Gasteiger charge is -1.99. The number of aliphatic carboxylic acids is 1. The predicted octanol–water partition coefficient (Wildman–Crippen LogP) is 2.97. The second kappa shape index (κ2) is 12.9. The number of aryl methyl sites for hydroxylation is 2. The molecule has 27 heavy (non-hydrogen) atoms. The fourth-order valence-corrected chi connectivity index (χ4v) is 1.89. The van der Waals surface area contributed by atoms with Crippen molar-refractivity contribution in [2.75, 3.05) is 0 Å². The van der Waals surface area contributed by atoms with Gasteiger partial charge < -0.3 is 21.8 Å². The highest BCUT2D eigenvalue weighted by Gasteiger charge is 1.97. The van der Waals surface area contributed by atoms with Crippen molar-refractivity contribution in [2.45, 2.75) is 33.6 Å². The van der Waals surface area contributed by atoms with E-state index in [1.54, 1.807) is 0 Å². The molecule has 0 bridgehead atoms. The molecule has 0 radical (unpaired) electrons. The van der Waals surface area contributed by atoms with Crippen LogP contribution in [-0.2, 0) is 17.6 Å². The summed E-state index contributed by atoms with van der Waals surface area (Å²) in [6.45, 7) is 5.27. The molecule has 0 amide bonds. The number of hydrogen-bond donors (Lipinski definition) is 5. The minimum absolute atomic E-state index is 0.132. The van der Waals surface area contributed by atoms with Gasteiger partial charge in [0, 0.05) is 18.1 Å². The summed E-state index contributed by atoms with van der Waals surface area (Å²) in [5.41, 5.74) is 14.7. The first-order valence-corrected chi connectivity index (χ1v) is 8.44. The summed E-state index contributed by atoms with van der Waals surface area (Å²) in [5.74, 6) is -0.551. The second-order valence-electron chi connectivity index (χ2n) is 5.52. The van der Waals surface area contributed by atoms with Crippen molar-refractivity contribution in [3.8, 4) is 0 Å². The summed E-state index contributed by atoms with van der Waals surface area (Å²) in [6, 6.07) is 15.4. The summed E-state index contributed by atoms with van der Waals surface area (Å²) >= 11 is 0. The maximum Gasteiger partial charge on any atom is 0.300 e. The fraction of sp³-hybridized carbons (Fsp3) is 0.250. The highest BCUT2D eigenvalue weighted by atomic mass is 16.4. The number of carbonyl (C=O) groups is 1. The summed E-state index contributed by atoms with van der Waals surface area (Å²) in [5, 5.41) is 25.8. The maximum atomic E-state index is 9.00. The molecule has 7 nitrogen and oxygen atoms in total. The molecule has 0 unspecified atom stereocenters. The van der Waals surface area contributed by atoms with Crippen molar-refractivity contribution in [1.82, 2.24) is 0 Å². The quantitative estimate of drug-likeness (QED) is 0.242. The van der Waals surface area contributed by atoms with E-state index >= 15 is 0 Å². The van der Waals surface area contributed by atoms with E-state index in [0.717, 1.165) is 30.9 Å². The van der Waals surface area contributed by atoms with Crippen molar-refractivity contribution >= 4 is 17.6 Å². The molecule has 0 aliphatic rings. The molecule has 0 saturated heterocycles. The van der Waals surface area contributed by atoms with Crippen molar-refractivity contribution in [3.63, 3.8) is 0 Å². The average molecular weight is 372 g/mol. The van der Waals surface area contributed by atoms with Gasteiger partial charge in [0.15, 0.2) is 5.84 Å². The van der Waals surface area contributed by atoms with E-state index < -0.39 is 5.97 Å². The van der Waals surface area contributed by atoms with Gasteiger partial charge in [0.2, 0.25) is 0 Å². The normalized spacial score (nSPS) is 9.96. The predicted molar refractivity (Wildman–Crippen MR) is 108 cm³/mol. The van der Waals surface area contributed by atoms with E-state index in [4.69, 9.17) is 32.0 Å². The molecule has 0 aliphatic carbocycles. The van der Waals surface area contributed by atoms with Crippen molar-refractivity contribution in [3.05, 3.63) is 70.8 Å². The van der Waals surface area contributed by atoms with Gasteiger partial charge in [-0.25, -0.2) is 0 Å². The number of nitrogens with zero attached hydrogens (tertiary/aromatic N) is 1. The van der Waals surface area contributed by atoms with Gasteiger partial charge in [-0.2, -0.15) is 0 Å². The van der Waals surface area contributed by atoms with Gasteiger partial charge >= 0.3 is 0 Å². The average Bonchev–Trinajstić information content (AvgIpc) is 2.67. The SMILES string of the molecule is CC(=O)O.CCc1ccc(/C(N)=N/O)cc1.CCc1ccc(C(=N)N)cc1. The first-order chi connectivity index (χ1) is 12.7. The minimum atomic E-state index is -0.833. The lowest BCUT2D eigenvalue weighted by Crippen LogP contribution is -2.12. The van der Waals surface area contributed by atoms with Crippen LogP contribution in [0.2, 0.25) is 0 Å². The van der Waals surface area contributed by atoms with Crippen molar-refractivity contribution < 1.29 is 15.1 Å². The van der Waals surface area contributed by atoms with Gasteiger partial charge in [0.05, 0.1) is 0 Å². The molecule has 2 rings (SSSR count).